The molecular weight excluding hydrogens is 286 g/mol. The molecule has 1 atom stereocenters. The van der Waals surface area contributed by atoms with Crippen LogP contribution in [0, 0.1) is 6.92 Å². The third-order valence-corrected chi connectivity index (χ3v) is 4.72. The zero-order valence-electron chi connectivity index (χ0n) is 12.3. The van der Waals surface area contributed by atoms with E-state index in [-0.39, 0.29) is 12.0 Å². The number of hydrogen-bond acceptors (Lipinski definition) is 4. The summed E-state index contributed by atoms with van der Waals surface area (Å²) < 4.78 is 5.60. The van der Waals surface area contributed by atoms with E-state index in [9.17, 15) is 4.79 Å². The molecule has 21 heavy (non-hydrogen) atoms. The molecule has 112 valence electrons. The summed E-state index contributed by atoms with van der Waals surface area (Å²) in [5.41, 5.74) is 1.38. The summed E-state index contributed by atoms with van der Waals surface area (Å²) in [4.78, 5) is 16.7. The summed E-state index contributed by atoms with van der Waals surface area (Å²) in [5.74, 6) is -0.0208. The summed E-state index contributed by atoms with van der Waals surface area (Å²) in [6, 6.07) is 5.95. The van der Waals surface area contributed by atoms with Gasteiger partial charge in [-0.25, -0.2) is 0 Å². The van der Waals surface area contributed by atoms with E-state index in [0.717, 1.165) is 17.0 Å². The van der Waals surface area contributed by atoms with Gasteiger partial charge in [-0.05, 0) is 31.5 Å². The number of hydrogen-bond donors (Lipinski definition) is 1. The molecule has 0 bridgehead atoms. The largest absolute Gasteiger partial charge is 0.375 e. The van der Waals surface area contributed by atoms with E-state index in [1.54, 1.807) is 11.3 Å². The second kappa shape index (κ2) is 5.99. The molecule has 2 aromatic rings. The predicted octanol–water partition coefficient (Wildman–Crippen LogP) is 2.70. The Bertz CT molecular complexity index is 634. The van der Waals surface area contributed by atoms with Crippen LogP contribution in [0.15, 0.2) is 18.2 Å². The number of carbonyl (C=O) groups is 1. The molecule has 0 radical (unpaired) electrons. The number of rotatable bonds is 3. The highest BCUT2D eigenvalue weighted by molar-refractivity contribution is 7.15. The number of aromatic amines is 1. The first-order valence-corrected chi connectivity index (χ1v) is 8.02. The molecule has 0 aromatic carbocycles. The summed E-state index contributed by atoms with van der Waals surface area (Å²) in [7, 11) is 0. The number of morpholine rings is 1. The van der Waals surface area contributed by atoms with Gasteiger partial charge in [-0.3, -0.25) is 9.89 Å². The lowest BCUT2D eigenvalue weighted by Gasteiger charge is -2.31. The van der Waals surface area contributed by atoms with Gasteiger partial charge in [0.05, 0.1) is 23.3 Å². The van der Waals surface area contributed by atoms with Crippen LogP contribution in [0.25, 0.3) is 10.6 Å². The van der Waals surface area contributed by atoms with Gasteiger partial charge in [0.2, 0.25) is 0 Å². The van der Waals surface area contributed by atoms with E-state index in [1.807, 2.05) is 17.0 Å². The lowest BCUT2D eigenvalue weighted by molar-refractivity contribution is -0.0228. The minimum Gasteiger partial charge on any atom is -0.375 e. The van der Waals surface area contributed by atoms with Crippen LogP contribution in [0.4, 0.5) is 0 Å². The van der Waals surface area contributed by atoms with E-state index in [4.69, 9.17) is 4.74 Å². The van der Waals surface area contributed by atoms with Crippen LogP contribution in [-0.4, -0.2) is 46.8 Å². The third kappa shape index (κ3) is 3.01. The predicted molar refractivity (Wildman–Crippen MR) is 82.6 cm³/mol. The van der Waals surface area contributed by atoms with E-state index in [1.165, 1.54) is 4.88 Å². The van der Waals surface area contributed by atoms with Crippen molar-refractivity contribution in [1.82, 2.24) is 15.1 Å². The normalized spacial score (nSPS) is 19.0. The van der Waals surface area contributed by atoms with Crippen molar-refractivity contribution in [3.8, 4) is 10.6 Å². The van der Waals surface area contributed by atoms with Crippen LogP contribution in [0.2, 0.25) is 0 Å². The molecule has 1 N–H and O–H groups in total. The summed E-state index contributed by atoms with van der Waals surface area (Å²) in [5, 5.41) is 7.14. The van der Waals surface area contributed by atoms with Crippen molar-refractivity contribution in [3.63, 3.8) is 0 Å². The second-order valence-electron chi connectivity index (χ2n) is 5.23. The quantitative estimate of drug-likeness (QED) is 0.948. The molecule has 0 saturated carbocycles. The molecule has 1 aliphatic heterocycles. The first-order valence-electron chi connectivity index (χ1n) is 7.20. The van der Waals surface area contributed by atoms with Gasteiger partial charge in [0, 0.05) is 18.0 Å². The molecule has 5 nitrogen and oxygen atoms in total. The third-order valence-electron chi connectivity index (χ3n) is 3.68. The van der Waals surface area contributed by atoms with Crippen molar-refractivity contribution in [3.05, 3.63) is 28.8 Å². The Morgan fingerprint density at radius 2 is 2.43 bits per heavy atom. The first-order chi connectivity index (χ1) is 10.2. The fraction of sp³-hybridized carbons (Fsp3) is 0.467. The summed E-state index contributed by atoms with van der Waals surface area (Å²) in [6.07, 6.45) is 1.06. The Morgan fingerprint density at radius 3 is 3.14 bits per heavy atom. The lowest BCUT2D eigenvalue weighted by atomic mass is 10.2. The van der Waals surface area contributed by atoms with Gasteiger partial charge in [-0.15, -0.1) is 11.3 Å². The van der Waals surface area contributed by atoms with E-state index in [0.29, 0.717) is 25.4 Å². The lowest BCUT2D eigenvalue weighted by Crippen LogP contribution is -2.45. The van der Waals surface area contributed by atoms with Crippen LogP contribution in [0.3, 0.4) is 0 Å². The van der Waals surface area contributed by atoms with Crippen LogP contribution >= 0.6 is 11.3 Å². The second-order valence-corrected chi connectivity index (χ2v) is 6.52. The molecule has 0 aliphatic carbocycles. The molecule has 1 aliphatic rings. The first kappa shape index (κ1) is 14.3. The number of nitrogens with one attached hydrogen (secondary N) is 1. The van der Waals surface area contributed by atoms with Crippen molar-refractivity contribution in [2.24, 2.45) is 0 Å². The van der Waals surface area contributed by atoms with E-state index >= 15 is 0 Å². The van der Waals surface area contributed by atoms with Crippen molar-refractivity contribution in [2.75, 3.05) is 19.7 Å². The van der Waals surface area contributed by atoms with E-state index < -0.39 is 0 Å². The molecule has 2 aromatic heterocycles. The Kier molecular flexibility index (Phi) is 4.07. The van der Waals surface area contributed by atoms with Crippen LogP contribution in [-0.2, 0) is 4.74 Å². The molecule has 1 saturated heterocycles. The number of aromatic nitrogens is 2. The minimum atomic E-state index is -0.0208. The number of carbonyl (C=O) groups excluding carboxylic acids is 1. The summed E-state index contributed by atoms with van der Waals surface area (Å²) >= 11 is 1.69. The SMILES string of the molecule is CC[C@@H]1CN(C(=O)c2cc(-c3ccc(C)s3)[nH]n2)CCO1. The molecule has 6 heteroatoms. The minimum absolute atomic E-state index is 0.0208. The molecule has 3 heterocycles. The van der Waals surface area contributed by atoms with Gasteiger partial charge in [0.1, 0.15) is 0 Å². The van der Waals surface area contributed by atoms with E-state index in [2.05, 4.69) is 30.1 Å². The molecular formula is C15H19N3O2S. The van der Waals surface area contributed by atoms with Crippen LogP contribution in [0.5, 0.6) is 0 Å². The average molecular weight is 305 g/mol. The van der Waals surface area contributed by atoms with Gasteiger partial charge in [0.15, 0.2) is 5.69 Å². The van der Waals surface area contributed by atoms with Crippen molar-refractivity contribution in [1.29, 1.82) is 0 Å². The topological polar surface area (TPSA) is 58.2 Å². The summed E-state index contributed by atoms with van der Waals surface area (Å²) in [6.45, 7) is 6.02. The molecule has 0 spiro atoms. The fourth-order valence-electron chi connectivity index (χ4n) is 2.45. The van der Waals surface area contributed by atoms with Crippen molar-refractivity contribution in [2.45, 2.75) is 26.4 Å². The van der Waals surface area contributed by atoms with Crippen molar-refractivity contribution >= 4 is 17.2 Å². The maximum atomic E-state index is 12.5. The maximum absolute atomic E-state index is 12.5. The average Bonchev–Trinajstić information content (AvgIpc) is 3.15. The van der Waals surface area contributed by atoms with Crippen LogP contribution < -0.4 is 0 Å². The highest BCUT2D eigenvalue weighted by Crippen LogP contribution is 2.26. The molecule has 1 amide bonds. The number of thiophene rings is 1. The standard InChI is InChI=1S/C15H19N3O2S/c1-3-11-9-18(6-7-20-11)15(19)13-8-12(16-17-13)14-5-4-10(2)21-14/h4-5,8,11H,3,6-7,9H2,1-2H3,(H,16,17)/t11-/m1/s1. The Balaban J connectivity index is 1.75. The zero-order chi connectivity index (χ0) is 14.8. The Labute approximate surface area is 127 Å². The highest BCUT2D eigenvalue weighted by atomic mass is 32.1. The van der Waals surface area contributed by atoms with Gasteiger partial charge in [0.25, 0.3) is 5.91 Å². The smallest absolute Gasteiger partial charge is 0.274 e. The molecule has 3 rings (SSSR count). The molecule has 0 unspecified atom stereocenters. The number of H-pyrrole nitrogens is 1. The van der Waals surface area contributed by atoms with Gasteiger partial charge >= 0.3 is 0 Å². The number of amides is 1. The van der Waals surface area contributed by atoms with Crippen molar-refractivity contribution < 1.29 is 9.53 Å². The van der Waals surface area contributed by atoms with Gasteiger partial charge < -0.3 is 9.64 Å². The number of aryl methyl sites for hydroxylation is 1. The van der Waals surface area contributed by atoms with Gasteiger partial charge in [-0.1, -0.05) is 6.92 Å². The monoisotopic (exact) mass is 305 g/mol. The Hall–Kier alpha value is -1.66. The number of nitrogens with zero attached hydrogens (tertiary/aromatic N) is 2. The highest BCUT2D eigenvalue weighted by Gasteiger charge is 2.25. The maximum Gasteiger partial charge on any atom is 0.274 e. The van der Waals surface area contributed by atoms with Gasteiger partial charge in [-0.2, -0.15) is 5.10 Å². The fourth-order valence-corrected chi connectivity index (χ4v) is 3.28. The number of ether oxygens (including phenoxy) is 1. The molecule has 1 fully saturated rings. The van der Waals surface area contributed by atoms with Crippen LogP contribution in [0.1, 0.15) is 28.7 Å². The Morgan fingerprint density at radius 1 is 1.57 bits per heavy atom. The zero-order valence-corrected chi connectivity index (χ0v) is 13.1.